The summed E-state index contributed by atoms with van der Waals surface area (Å²) >= 11 is 12.1. The first-order chi connectivity index (χ1) is 15.4. The molecule has 1 saturated heterocycles. The molecule has 0 saturated carbocycles. The molecule has 4 nitrogen and oxygen atoms in total. The van der Waals surface area contributed by atoms with Crippen LogP contribution in [0, 0.1) is 28.4 Å². The number of esters is 1. The van der Waals surface area contributed by atoms with Gasteiger partial charge in [-0.05, 0) is 42.6 Å². The summed E-state index contributed by atoms with van der Waals surface area (Å²) in [6.07, 6.45) is 0.422. The minimum Gasteiger partial charge on any atom is -0.468 e. The number of benzene rings is 2. The van der Waals surface area contributed by atoms with Crippen molar-refractivity contribution in [3.63, 3.8) is 0 Å². The Labute approximate surface area is 203 Å². The van der Waals surface area contributed by atoms with Crippen LogP contribution in [0.5, 0.6) is 0 Å². The van der Waals surface area contributed by atoms with E-state index in [2.05, 4.69) is 6.07 Å². The summed E-state index contributed by atoms with van der Waals surface area (Å²) in [5, 5.41) is 10.7. The summed E-state index contributed by atoms with van der Waals surface area (Å²) in [7, 11) is 2.91. The fourth-order valence-corrected chi connectivity index (χ4v) is 5.41. The molecule has 3 rings (SSSR count). The maximum absolute atomic E-state index is 15.5. The maximum Gasteiger partial charge on any atom is 0.323 e. The normalized spacial score (nSPS) is 25.6. The summed E-state index contributed by atoms with van der Waals surface area (Å²) in [6, 6.07) is 9.09. The minimum atomic E-state index is -1.64. The van der Waals surface area contributed by atoms with Gasteiger partial charge in [-0.1, -0.05) is 62.2 Å². The third-order valence-electron chi connectivity index (χ3n) is 6.39. The predicted octanol–water partition coefficient (Wildman–Crippen LogP) is 6.11. The molecule has 0 aliphatic carbocycles. The van der Waals surface area contributed by atoms with Crippen molar-refractivity contribution in [3.8, 4) is 6.07 Å². The zero-order valence-electron chi connectivity index (χ0n) is 19.1. The number of nitrogens with zero attached hydrogens (tertiary/aromatic N) is 2. The van der Waals surface area contributed by atoms with Crippen molar-refractivity contribution in [1.29, 1.82) is 5.26 Å². The van der Waals surface area contributed by atoms with Gasteiger partial charge in [0.15, 0.2) is 0 Å². The average molecular weight is 495 g/mol. The Hall–Kier alpha value is -2.20. The van der Waals surface area contributed by atoms with Crippen LogP contribution in [-0.2, 0) is 14.9 Å². The highest BCUT2D eigenvalue weighted by molar-refractivity contribution is 6.31. The van der Waals surface area contributed by atoms with Crippen LogP contribution >= 0.6 is 23.2 Å². The van der Waals surface area contributed by atoms with Crippen LogP contribution in [0.4, 0.5) is 8.78 Å². The summed E-state index contributed by atoms with van der Waals surface area (Å²) in [5.74, 6) is -3.19. The molecule has 0 N–H and O–H groups in total. The van der Waals surface area contributed by atoms with Crippen molar-refractivity contribution < 1.29 is 18.3 Å². The molecular formula is C25H26Cl2F2N2O2. The van der Waals surface area contributed by atoms with Crippen LogP contribution < -0.4 is 0 Å². The van der Waals surface area contributed by atoms with Crippen molar-refractivity contribution in [2.75, 3.05) is 14.2 Å². The molecule has 0 radical (unpaired) electrons. The molecule has 4 atom stereocenters. The second kappa shape index (κ2) is 9.21. The van der Waals surface area contributed by atoms with E-state index in [0.717, 1.165) is 6.07 Å². The number of halogens is 4. The molecule has 1 fully saturated rings. The highest BCUT2D eigenvalue weighted by Gasteiger charge is 2.64. The molecule has 8 heteroatoms. The van der Waals surface area contributed by atoms with E-state index in [4.69, 9.17) is 27.9 Å². The number of ether oxygens (including phenoxy) is 1. The Morgan fingerprint density at radius 3 is 2.45 bits per heavy atom. The van der Waals surface area contributed by atoms with Crippen LogP contribution in [0.15, 0.2) is 36.4 Å². The zero-order valence-corrected chi connectivity index (χ0v) is 20.6. The van der Waals surface area contributed by atoms with Crippen molar-refractivity contribution in [3.05, 3.63) is 69.2 Å². The largest absolute Gasteiger partial charge is 0.468 e. The number of methoxy groups -OCH3 is 1. The van der Waals surface area contributed by atoms with Gasteiger partial charge in [-0.2, -0.15) is 5.26 Å². The molecule has 2 aromatic rings. The van der Waals surface area contributed by atoms with Gasteiger partial charge < -0.3 is 4.74 Å². The Balaban J connectivity index is 2.45. The SMILES string of the molecule is COC(=O)C1[C@H](c2cccc(Cl)c2F)[C@@](C#N)(c2ccc(Cl)cc2F)[C@H](CC(C)(C)C)N1C. The lowest BCUT2D eigenvalue weighted by Gasteiger charge is -2.38. The molecule has 0 aromatic heterocycles. The summed E-state index contributed by atoms with van der Waals surface area (Å²) in [6.45, 7) is 5.96. The second-order valence-corrected chi connectivity index (χ2v) is 10.5. The van der Waals surface area contributed by atoms with Gasteiger partial charge in [0.2, 0.25) is 0 Å². The average Bonchev–Trinajstić information content (AvgIpc) is 2.97. The summed E-state index contributed by atoms with van der Waals surface area (Å²) in [5.41, 5.74) is -1.84. The molecule has 2 aromatic carbocycles. The molecular weight excluding hydrogens is 469 g/mol. The third-order valence-corrected chi connectivity index (χ3v) is 6.92. The van der Waals surface area contributed by atoms with Gasteiger partial charge in [0.1, 0.15) is 23.1 Å². The number of nitriles is 1. The zero-order chi connectivity index (χ0) is 24.7. The minimum absolute atomic E-state index is 0.0475. The molecule has 1 unspecified atom stereocenters. The molecule has 1 heterocycles. The van der Waals surface area contributed by atoms with E-state index < -0.39 is 41.0 Å². The quantitative estimate of drug-likeness (QED) is 0.481. The Morgan fingerprint density at radius 2 is 1.91 bits per heavy atom. The number of carbonyl (C=O) groups excluding carboxylic acids is 1. The lowest BCUT2D eigenvalue weighted by molar-refractivity contribution is -0.146. The summed E-state index contributed by atoms with van der Waals surface area (Å²) < 4.78 is 35.9. The lowest BCUT2D eigenvalue weighted by atomic mass is 9.62. The van der Waals surface area contributed by atoms with Gasteiger partial charge in [-0.25, -0.2) is 8.78 Å². The van der Waals surface area contributed by atoms with Gasteiger partial charge in [0.25, 0.3) is 0 Å². The van der Waals surface area contributed by atoms with Gasteiger partial charge in [0, 0.05) is 22.5 Å². The second-order valence-electron chi connectivity index (χ2n) is 9.64. The Bertz CT molecular complexity index is 1110. The van der Waals surface area contributed by atoms with E-state index in [1.165, 1.54) is 31.4 Å². The molecule has 0 spiro atoms. The van der Waals surface area contributed by atoms with Crippen LogP contribution in [0.3, 0.4) is 0 Å². The van der Waals surface area contributed by atoms with Crippen molar-refractivity contribution in [2.24, 2.45) is 5.41 Å². The number of carbonyl (C=O) groups is 1. The highest BCUT2D eigenvalue weighted by Crippen LogP contribution is 2.56. The topological polar surface area (TPSA) is 53.3 Å². The number of hydrogen-bond acceptors (Lipinski definition) is 4. The molecule has 1 aliphatic rings. The lowest BCUT2D eigenvalue weighted by Crippen LogP contribution is -2.45. The van der Waals surface area contributed by atoms with Crippen molar-refractivity contribution >= 4 is 29.2 Å². The van der Waals surface area contributed by atoms with Crippen LogP contribution in [-0.4, -0.2) is 37.1 Å². The summed E-state index contributed by atoms with van der Waals surface area (Å²) in [4.78, 5) is 14.8. The van der Waals surface area contributed by atoms with Crippen LogP contribution in [0.2, 0.25) is 10.0 Å². The van der Waals surface area contributed by atoms with E-state index in [9.17, 15) is 10.1 Å². The number of rotatable bonds is 4. The van der Waals surface area contributed by atoms with Crippen LogP contribution in [0.1, 0.15) is 44.2 Å². The van der Waals surface area contributed by atoms with Crippen molar-refractivity contribution in [2.45, 2.75) is 50.6 Å². The Morgan fingerprint density at radius 1 is 1.24 bits per heavy atom. The van der Waals surface area contributed by atoms with Gasteiger partial charge >= 0.3 is 5.97 Å². The number of likely N-dealkylation sites (N-methyl/N-ethyl adjacent to an activating group) is 1. The number of hydrogen-bond donors (Lipinski definition) is 0. The van der Waals surface area contributed by atoms with E-state index >= 15 is 8.78 Å². The van der Waals surface area contributed by atoms with Crippen LogP contribution in [0.25, 0.3) is 0 Å². The van der Waals surface area contributed by atoms with Gasteiger partial charge in [-0.3, -0.25) is 9.69 Å². The van der Waals surface area contributed by atoms with E-state index in [-0.39, 0.29) is 26.6 Å². The first kappa shape index (κ1) is 25.4. The first-order valence-corrected chi connectivity index (χ1v) is 11.2. The first-order valence-electron chi connectivity index (χ1n) is 10.5. The molecule has 33 heavy (non-hydrogen) atoms. The van der Waals surface area contributed by atoms with E-state index in [0.29, 0.717) is 6.42 Å². The van der Waals surface area contributed by atoms with Gasteiger partial charge in [0.05, 0.1) is 18.2 Å². The smallest absolute Gasteiger partial charge is 0.323 e. The highest BCUT2D eigenvalue weighted by atomic mass is 35.5. The number of likely N-dealkylation sites (tertiary alicyclic amines) is 1. The molecule has 176 valence electrons. The van der Waals surface area contributed by atoms with E-state index in [1.54, 1.807) is 18.0 Å². The Kier molecular flexibility index (Phi) is 7.10. The van der Waals surface area contributed by atoms with Gasteiger partial charge in [-0.15, -0.1) is 0 Å². The third kappa shape index (κ3) is 4.35. The molecule has 0 amide bonds. The fraction of sp³-hybridized carbons (Fsp3) is 0.440. The standard InChI is InChI=1S/C25H26Cl2F2N2O2/c1-24(2,3)12-19-25(13-30,16-10-9-14(26)11-18(16)28)20(22(31(19)4)23(32)33-5)15-7-6-8-17(27)21(15)29/h6-11,19-20,22H,12H2,1-5H3/t19-,20-,22?,25-/m0/s1. The van der Waals surface area contributed by atoms with E-state index in [1.807, 2.05) is 20.8 Å². The monoisotopic (exact) mass is 494 g/mol. The predicted molar refractivity (Wildman–Crippen MR) is 124 cm³/mol. The maximum atomic E-state index is 15.5. The molecule has 0 bridgehead atoms. The molecule has 1 aliphatic heterocycles. The van der Waals surface area contributed by atoms with Crippen molar-refractivity contribution in [1.82, 2.24) is 4.90 Å². The fourth-order valence-electron chi connectivity index (χ4n) is 5.07.